The minimum atomic E-state index is -1.62. The van der Waals surface area contributed by atoms with Gasteiger partial charge < -0.3 is 24.8 Å². The first kappa shape index (κ1) is 26.6. The molecule has 2 amide bonds. The van der Waals surface area contributed by atoms with Gasteiger partial charge in [-0.15, -0.1) is 0 Å². The maximum absolute atomic E-state index is 14.6. The van der Waals surface area contributed by atoms with Gasteiger partial charge in [-0.2, -0.15) is 5.10 Å². The van der Waals surface area contributed by atoms with Gasteiger partial charge in [-0.1, -0.05) is 0 Å². The van der Waals surface area contributed by atoms with Crippen LogP contribution in [0.2, 0.25) is 0 Å². The molecule has 12 heteroatoms. The highest BCUT2D eigenvalue weighted by Gasteiger charge is 2.36. The van der Waals surface area contributed by atoms with Gasteiger partial charge in [-0.25, -0.2) is 13.9 Å². The summed E-state index contributed by atoms with van der Waals surface area (Å²) >= 11 is 0. The molecular formula is C28H33FN6O5. The van der Waals surface area contributed by atoms with E-state index in [1.54, 1.807) is 30.6 Å². The lowest BCUT2D eigenvalue weighted by Gasteiger charge is -2.41. The molecule has 0 aliphatic carbocycles. The quantitative estimate of drug-likeness (QED) is 0.437. The Kier molecular flexibility index (Phi) is 6.93. The monoisotopic (exact) mass is 552 g/mol. The molecule has 3 aromatic rings. The van der Waals surface area contributed by atoms with Crippen molar-refractivity contribution in [3.8, 4) is 5.75 Å². The molecule has 2 saturated heterocycles. The van der Waals surface area contributed by atoms with Crippen LogP contribution in [0, 0.1) is 0 Å². The number of anilines is 1. The Hall–Kier alpha value is -3.61. The van der Waals surface area contributed by atoms with Crippen LogP contribution >= 0.6 is 0 Å². The van der Waals surface area contributed by atoms with Crippen molar-refractivity contribution in [1.82, 2.24) is 24.4 Å². The molecule has 3 aliphatic heterocycles. The summed E-state index contributed by atoms with van der Waals surface area (Å²) < 4.78 is 27.9. The van der Waals surface area contributed by atoms with Gasteiger partial charge >= 0.3 is 0 Å². The summed E-state index contributed by atoms with van der Waals surface area (Å²) in [4.78, 5) is 34.6. The number of carbonyl (C=O) groups excluding carboxylic acids is 2. The van der Waals surface area contributed by atoms with E-state index in [1.807, 2.05) is 0 Å². The number of aromatic nitrogens is 3. The Labute approximate surface area is 230 Å². The van der Waals surface area contributed by atoms with Crippen molar-refractivity contribution in [1.29, 1.82) is 0 Å². The number of nitrogens with zero attached hydrogens (tertiary/aromatic N) is 5. The maximum Gasteiger partial charge on any atom is 0.261 e. The third-order valence-electron chi connectivity index (χ3n) is 7.91. The lowest BCUT2D eigenvalue weighted by atomic mass is 10.0. The van der Waals surface area contributed by atoms with E-state index in [0.717, 1.165) is 39.1 Å². The average molecular weight is 553 g/mol. The minimum Gasteiger partial charge on any atom is -0.488 e. The number of carbonyl (C=O) groups is 2. The SMILES string of the molecule is CC(C)(O)[C@H](F)CN1Cc2cc(NC(=O)c3cnn4cccnc34)c(OC3CCN(C4COC4)CC3)cc2C1=O. The van der Waals surface area contributed by atoms with Gasteiger partial charge in [0, 0.05) is 37.6 Å². The third-order valence-corrected chi connectivity index (χ3v) is 7.91. The fraction of sp³-hybridized carbons (Fsp3) is 0.500. The van der Waals surface area contributed by atoms with Crippen molar-refractivity contribution in [2.75, 3.05) is 38.2 Å². The predicted molar refractivity (Wildman–Crippen MR) is 143 cm³/mol. The second-order valence-corrected chi connectivity index (χ2v) is 11.3. The maximum atomic E-state index is 14.6. The summed E-state index contributed by atoms with van der Waals surface area (Å²) in [6.07, 6.45) is 4.64. The zero-order valence-corrected chi connectivity index (χ0v) is 22.5. The summed E-state index contributed by atoms with van der Waals surface area (Å²) in [5.74, 6) is -0.363. The molecule has 3 aliphatic rings. The average Bonchev–Trinajstić information content (AvgIpc) is 3.45. The fourth-order valence-corrected chi connectivity index (χ4v) is 5.31. The number of likely N-dealkylation sites (tertiary alicyclic amines) is 1. The topological polar surface area (TPSA) is 122 Å². The molecule has 1 atom stereocenters. The van der Waals surface area contributed by atoms with Crippen molar-refractivity contribution in [2.45, 2.75) is 57.2 Å². The highest BCUT2D eigenvalue weighted by Crippen LogP contribution is 2.36. The second-order valence-electron chi connectivity index (χ2n) is 11.3. The minimum absolute atomic E-state index is 0.0948. The molecule has 40 heavy (non-hydrogen) atoms. The van der Waals surface area contributed by atoms with Crippen molar-refractivity contribution < 1.29 is 28.6 Å². The van der Waals surface area contributed by atoms with Crippen LogP contribution in [-0.2, 0) is 11.3 Å². The standard InChI is InChI=1S/C28H33FN6O5/c1-28(2,38)24(29)14-34-13-17-10-22(32-26(36)21-12-31-35-7-3-6-30-25(21)35)23(11-20(17)27(34)37)40-19-4-8-33(9-5-19)18-15-39-16-18/h3,6-7,10-12,18-19,24,38H,4-5,8-9,13-16H2,1-2H3,(H,32,36)/t24-/m1/s1. The van der Waals surface area contributed by atoms with Gasteiger partial charge in [0.05, 0.1) is 43.3 Å². The van der Waals surface area contributed by atoms with Crippen LogP contribution in [0.15, 0.2) is 36.8 Å². The molecule has 0 unspecified atom stereocenters. The molecule has 2 aromatic heterocycles. The van der Waals surface area contributed by atoms with Gasteiger partial charge in [0.15, 0.2) is 5.65 Å². The Morgan fingerprint density at radius 2 is 2.08 bits per heavy atom. The Morgan fingerprint density at radius 1 is 1.30 bits per heavy atom. The summed E-state index contributed by atoms with van der Waals surface area (Å²) in [5.41, 5.74) is 0.601. The van der Waals surface area contributed by atoms with Crippen molar-refractivity contribution in [3.05, 3.63) is 53.5 Å². The van der Waals surface area contributed by atoms with E-state index >= 15 is 0 Å². The Bertz CT molecular complexity index is 1430. The first-order valence-corrected chi connectivity index (χ1v) is 13.6. The molecule has 2 fully saturated rings. The normalized spacial score (nSPS) is 19.5. The number of halogens is 1. The lowest BCUT2D eigenvalue weighted by Crippen LogP contribution is -2.52. The number of piperidine rings is 1. The highest BCUT2D eigenvalue weighted by molar-refractivity contribution is 6.09. The summed E-state index contributed by atoms with van der Waals surface area (Å²) in [6.45, 7) is 5.95. The molecule has 1 aromatic carbocycles. The molecular weight excluding hydrogens is 519 g/mol. The van der Waals surface area contributed by atoms with Gasteiger partial charge in [0.2, 0.25) is 0 Å². The van der Waals surface area contributed by atoms with Crippen LogP contribution < -0.4 is 10.1 Å². The van der Waals surface area contributed by atoms with Gasteiger partial charge in [-0.3, -0.25) is 14.5 Å². The number of benzene rings is 1. The van der Waals surface area contributed by atoms with E-state index in [-0.39, 0.29) is 25.1 Å². The number of alkyl halides is 1. The number of hydrogen-bond donors (Lipinski definition) is 2. The third kappa shape index (κ3) is 5.14. The molecule has 11 nitrogen and oxygen atoms in total. The molecule has 0 saturated carbocycles. The number of ether oxygens (including phenoxy) is 2. The van der Waals surface area contributed by atoms with Gasteiger partial charge in [0.1, 0.15) is 23.6 Å². The van der Waals surface area contributed by atoms with Crippen molar-refractivity contribution in [3.63, 3.8) is 0 Å². The van der Waals surface area contributed by atoms with Crippen LogP contribution in [0.4, 0.5) is 10.1 Å². The largest absolute Gasteiger partial charge is 0.488 e. The zero-order valence-electron chi connectivity index (χ0n) is 22.5. The number of nitrogens with one attached hydrogen (secondary N) is 1. The highest BCUT2D eigenvalue weighted by atomic mass is 19.1. The predicted octanol–water partition coefficient (Wildman–Crippen LogP) is 2.29. The smallest absolute Gasteiger partial charge is 0.261 e. The first-order chi connectivity index (χ1) is 19.2. The number of hydrogen-bond acceptors (Lipinski definition) is 8. The van der Waals surface area contributed by atoms with E-state index in [2.05, 4.69) is 20.3 Å². The Morgan fingerprint density at radius 3 is 2.77 bits per heavy atom. The molecule has 0 bridgehead atoms. The van der Waals surface area contributed by atoms with E-state index in [9.17, 15) is 19.1 Å². The van der Waals surface area contributed by atoms with Crippen molar-refractivity contribution in [2.24, 2.45) is 0 Å². The summed E-state index contributed by atoms with van der Waals surface area (Å²) in [6, 6.07) is 5.55. The Balaban J connectivity index is 1.26. The number of rotatable bonds is 8. The van der Waals surface area contributed by atoms with Crippen LogP contribution in [0.5, 0.6) is 5.75 Å². The van der Waals surface area contributed by atoms with Crippen LogP contribution in [0.25, 0.3) is 5.65 Å². The fourth-order valence-electron chi connectivity index (χ4n) is 5.31. The van der Waals surface area contributed by atoms with Crippen LogP contribution in [0.1, 0.15) is 53.0 Å². The van der Waals surface area contributed by atoms with E-state index < -0.39 is 17.7 Å². The number of fused-ring (bicyclic) bond motifs is 2. The van der Waals surface area contributed by atoms with E-state index in [4.69, 9.17) is 9.47 Å². The van der Waals surface area contributed by atoms with E-state index in [1.165, 1.54) is 29.5 Å². The molecule has 0 spiro atoms. The lowest BCUT2D eigenvalue weighted by molar-refractivity contribution is -0.0777. The summed E-state index contributed by atoms with van der Waals surface area (Å²) in [7, 11) is 0. The first-order valence-electron chi connectivity index (χ1n) is 13.6. The van der Waals surface area contributed by atoms with Crippen LogP contribution in [-0.4, -0.2) is 98.1 Å². The molecule has 212 valence electrons. The molecule has 2 N–H and O–H groups in total. The zero-order chi connectivity index (χ0) is 28.0. The van der Waals surface area contributed by atoms with Gasteiger partial charge in [0.25, 0.3) is 11.8 Å². The molecule has 5 heterocycles. The second kappa shape index (κ2) is 10.4. The molecule has 6 rings (SSSR count). The van der Waals surface area contributed by atoms with Gasteiger partial charge in [-0.05, 0) is 50.5 Å². The van der Waals surface area contributed by atoms with Crippen LogP contribution in [0.3, 0.4) is 0 Å². The molecule has 0 radical (unpaired) electrons. The summed E-state index contributed by atoms with van der Waals surface area (Å²) in [5, 5.41) is 17.2. The number of aliphatic hydroxyl groups is 1. The van der Waals surface area contributed by atoms with E-state index in [0.29, 0.717) is 39.8 Å². The van der Waals surface area contributed by atoms with Crippen molar-refractivity contribution >= 4 is 23.1 Å². The number of amides is 2.